The first-order valence-electron chi connectivity index (χ1n) is 12.7. The minimum atomic E-state index is -0.317. The van der Waals surface area contributed by atoms with Crippen LogP contribution in [0.4, 0.5) is 0 Å². The molecule has 2 atom stereocenters. The van der Waals surface area contributed by atoms with Gasteiger partial charge in [0, 0.05) is 0 Å². The molecule has 29 heavy (non-hydrogen) atoms. The molecule has 1 aliphatic carbocycles. The van der Waals surface area contributed by atoms with Crippen molar-refractivity contribution in [2.75, 3.05) is 13.1 Å². The molecule has 0 saturated heterocycles. The van der Waals surface area contributed by atoms with Gasteiger partial charge in [-0.05, 0) is 50.9 Å². The van der Waals surface area contributed by atoms with Crippen molar-refractivity contribution in [1.82, 2.24) is 4.90 Å². The lowest BCUT2D eigenvalue weighted by atomic mass is 9.75. The van der Waals surface area contributed by atoms with E-state index in [0.29, 0.717) is 0 Å². The van der Waals surface area contributed by atoms with Crippen molar-refractivity contribution >= 4 is 0 Å². The second-order valence-electron chi connectivity index (χ2n) is 9.19. The van der Waals surface area contributed by atoms with Crippen LogP contribution in [-0.2, 0) is 5.54 Å². The summed E-state index contributed by atoms with van der Waals surface area (Å²) in [6.45, 7) is 6.72. The minimum absolute atomic E-state index is 0.311. The lowest BCUT2D eigenvalue weighted by molar-refractivity contribution is -0.0782. The van der Waals surface area contributed by atoms with Gasteiger partial charge in [-0.1, -0.05) is 90.9 Å². The van der Waals surface area contributed by atoms with Crippen molar-refractivity contribution in [1.29, 1.82) is 0 Å². The Bertz CT molecular complexity index is 485. The maximum Gasteiger partial charge on any atom is 0.126 e. The fourth-order valence-corrected chi connectivity index (χ4v) is 5.15. The quantitative estimate of drug-likeness (QED) is 0.290. The Morgan fingerprint density at radius 2 is 1.48 bits per heavy atom. The van der Waals surface area contributed by atoms with Gasteiger partial charge in [0.05, 0.1) is 12.4 Å². The number of aliphatic hydroxyl groups is 1. The molecule has 0 radical (unpaired) electrons. The van der Waals surface area contributed by atoms with E-state index < -0.39 is 0 Å². The minimum Gasteiger partial charge on any atom is -0.467 e. The maximum absolute atomic E-state index is 11.2. The third-order valence-corrected chi connectivity index (χ3v) is 6.91. The van der Waals surface area contributed by atoms with E-state index in [1.54, 1.807) is 6.26 Å². The highest BCUT2D eigenvalue weighted by molar-refractivity contribution is 5.17. The zero-order valence-corrected chi connectivity index (χ0v) is 19.3. The Hall–Kier alpha value is -0.800. The fraction of sp³-hybridized carbons (Fsp3) is 0.846. The highest BCUT2D eigenvalue weighted by Crippen LogP contribution is 2.43. The molecule has 1 aliphatic rings. The normalized spacial score (nSPS) is 22.4. The van der Waals surface area contributed by atoms with Gasteiger partial charge in [0.15, 0.2) is 0 Å². The lowest BCUT2D eigenvalue weighted by Crippen LogP contribution is -2.56. The van der Waals surface area contributed by atoms with Gasteiger partial charge < -0.3 is 9.52 Å². The number of aliphatic hydroxyl groups excluding tert-OH is 1. The molecule has 1 aromatic heterocycles. The summed E-state index contributed by atoms with van der Waals surface area (Å²) >= 11 is 0. The molecule has 1 heterocycles. The van der Waals surface area contributed by atoms with Crippen LogP contribution in [0.1, 0.15) is 122 Å². The Morgan fingerprint density at radius 1 is 0.897 bits per heavy atom. The van der Waals surface area contributed by atoms with Crippen molar-refractivity contribution in [2.45, 2.75) is 128 Å². The van der Waals surface area contributed by atoms with E-state index >= 15 is 0 Å². The first-order chi connectivity index (χ1) is 14.3. The van der Waals surface area contributed by atoms with Crippen LogP contribution in [0.5, 0.6) is 0 Å². The van der Waals surface area contributed by atoms with Gasteiger partial charge in [-0.3, -0.25) is 4.90 Å². The molecule has 0 bridgehead atoms. The molecule has 3 heteroatoms. The summed E-state index contributed by atoms with van der Waals surface area (Å²) in [5.74, 6) is 0.988. The first kappa shape index (κ1) is 24.5. The van der Waals surface area contributed by atoms with Crippen molar-refractivity contribution < 1.29 is 9.52 Å². The van der Waals surface area contributed by atoms with Gasteiger partial charge in [0.1, 0.15) is 11.3 Å². The molecule has 0 spiro atoms. The van der Waals surface area contributed by atoms with Crippen molar-refractivity contribution in [3.63, 3.8) is 0 Å². The maximum atomic E-state index is 11.2. The molecule has 0 aromatic carbocycles. The Kier molecular flexibility index (Phi) is 12.0. The van der Waals surface area contributed by atoms with Crippen LogP contribution in [0.15, 0.2) is 22.8 Å². The summed E-state index contributed by atoms with van der Waals surface area (Å²) in [5.41, 5.74) is -0.311. The predicted molar refractivity (Wildman–Crippen MR) is 123 cm³/mol. The number of furan rings is 1. The Balaban J connectivity index is 2.01. The molecule has 2 rings (SSSR count). The monoisotopic (exact) mass is 405 g/mol. The molecular weight excluding hydrogens is 358 g/mol. The lowest BCUT2D eigenvalue weighted by Gasteiger charge is -2.48. The summed E-state index contributed by atoms with van der Waals surface area (Å²) in [6, 6.07) is 4.09. The van der Waals surface area contributed by atoms with Gasteiger partial charge >= 0.3 is 0 Å². The van der Waals surface area contributed by atoms with Crippen LogP contribution in [0.3, 0.4) is 0 Å². The van der Waals surface area contributed by atoms with Crippen LogP contribution in [-0.4, -0.2) is 29.2 Å². The van der Waals surface area contributed by atoms with Crippen molar-refractivity contribution in [3.05, 3.63) is 24.2 Å². The van der Waals surface area contributed by atoms with E-state index in [1.807, 2.05) is 6.07 Å². The van der Waals surface area contributed by atoms with E-state index in [9.17, 15) is 5.11 Å². The molecule has 1 N–H and O–H groups in total. The number of unbranched alkanes of at least 4 members (excludes halogenated alkanes) is 10. The third kappa shape index (κ3) is 7.43. The molecule has 2 unspecified atom stereocenters. The summed E-state index contributed by atoms with van der Waals surface area (Å²) in [5, 5.41) is 11.2. The van der Waals surface area contributed by atoms with Crippen LogP contribution < -0.4 is 0 Å². The second-order valence-corrected chi connectivity index (χ2v) is 9.19. The number of nitrogens with zero attached hydrogens (tertiary/aromatic N) is 1. The summed E-state index contributed by atoms with van der Waals surface area (Å²) in [7, 11) is 0. The zero-order chi connectivity index (χ0) is 20.8. The van der Waals surface area contributed by atoms with Gasteiger partial charge in [-0.2, -0.15) is 0 Å². The topological polar surface area (TPSA) is 36.6 Å². The van der Waals surface area contributed by atoms with E-state index in [4.69, 9.17) is 4.42 Å². The zero-order valence-electron chi connectivity index (χ0n) is 19.3. The number of hydrogen-bond donors (Lipinski definition) is 1. The molecule has 0 amide bonds. The second kappa shape index (κ2) is 14.2. The standard InChI is InChI=1S/C26H47NO2/c1-3-5-7-9-11-15-21-27(22-16-12-10-8-6-4-2)26(25-19-17-23-29-25)20-14-13-18-24(26)28/h17,19,23-24,28H,3-16,18,20-22H2,1-2H3. The van der Waals surface area contributed by atoms with E-state index in [1.165, 1.54) is 83.5 Å². The van der Waals surface area contributed by atoms with Gasteiger partial charge in [-0.25, -0.2) is 0 Å². The number of rotatable bonds is 16. The Labute approximate surface area is 180 Å². The predicted octanol–water partition coefficient (Wildman–Crippen LogP) is 7.43. The molecule has 168 valence electrons. The molecule has 0 aliphatic heterocycles. The summed E-state index contributed by atoms with van der Waals surface area (Å²) in [4.78, 5) is 2.62. The van der Waals surface area contributed by atoms with Crippen LogP contribution in [0.2, 0.25) is 0 Å². The Morgan fingerprint density at radius 3 is 2.00 bits per heavy atom. The van der Waals surface area contributed by atoms with E-state index in [2.05, 4.69) is 24.8 Å². The van der Waals surface area contributed by atoms with Gasteiger partial charge in [0.2, 0.25) is 0 Å². The molecular formula is C26H47NO2. The van der Waals surface area contributed by atoms with Crippen LogP contribution >= 0.6 is 0 Å². The summed E-state index contributed by atoms with van der Waals surface area (Å²) in [6.07, 6.45) is 21.5. The fourth-order valence-electron chi connectivity index (χ4n) is 5.15. The average Bonchev–Trinajstić information content (AvgIpc) is 3.27. The van der Waals surface area contributed by atoms with Crippen LogP contribution in [0.25, 0.3) is 0 Å². The highest BCUT2D eigenvalue weighted by atomic mass is 16.3. The van der Waals surface area contributed by atoms with E-state index in [-0.39, 0.29) is 11.6 Å². The summed E-state index contributed by atoms with van der Waals surface area (Å²) < 4.78 is 5.94. The molecule has 1 saturated carbocycles. The number of hydrogen-bond acceptors (Lipinski definition) is 3. The van der Waals surface area contributed by atoms with Crippen molar-refractivity contribution in [2.24, 2.45) is 0 Å². The molecule has 1 aromatic rings. The first-order valence-corrected chi connectivity index (χ1v) is 12.7. The molecule has 1 fully saturated rings. The largest absolute Gasteiger partial charge is 0.467 e. The highest BCUT2D eigenvalue weighted by Gasteiger charge is 2.47. The van der Waals surface area contributed by atoms with Gasteiger partial charge in [0.25, 0.3) is 0 Å². The molecule has 3 nitrogen and oxygen atoms in total. The van der Waals surface area contributed by atoms with Crippen molar-refractivity contribution in [3.8, 4) is 0 Å². The average molecular weight is 406 g/mol. The SMILES string of the molecule is CCCCCCCCN(CCCCCCCC)C1(c2ccco2)CCCCC1O. The third-order valence-electron chi connectivity index (χ3n) is 6.91. The smallest absolute Gasteiger partial charge is 0.126 e. The van der Waals surface area contributed by atoms with E-state index in [0.717, 1.165) is 38.1 Å². The van der Waals surface area contributed by atoms with Crippen LogP contribution in [0, 0.1) is 0 Å². The van der Waals surface area contributed by atoms with Gasteiger partial charge in [-0.15, -0.1) is 0 Å².